The summed E-state index contributed by atoms with van der Waals surface area (Å²) in [5.41, 5.74) is 0.178. The van der Waals surface area contributed by atoms with Crippen molar-refractivity contribution in [3.8, 4) is 5.75 Å². The van der Waals surface area contributed by atoms with E-state index < -0.39 is 41.1 Å². The standard InChI is InChI=1S/C35H47N3O5/c1-10-35(8,9)38(32(41)28(19-22(2)3)37-33(42)43-34(5,6)7)30(26-16-18-29(39)23(4)20-26)31(40)36-27-17-15-24-13-11-12-14-25(24)21-27/h11-18,20-22,28,30,39H,10,19H2,1-9H3,(H,36,40)(H,37,42). The molecule has 3 rings (SSSR count). The lowest BCUT2D eigenvalue weighted by Gasteiger charge is -2.45. The molecule has 8 nitrogen and oxygen atoms in total. The van der Waals surface area contributed by atoms with Crippen molar-refractivity contribution in [1.29, 1.82) is 0 Å². The van der Waals surface area contributed by atoms with Gasteiger partial charge in [-0.15, -0.1) is 0 Å². The number of hydrogen-bond donors (Lipinski definition) is 3. The van der Waals surface area contributed by atoms with Crippen LogP contribution in [0.1, 0.15) is 85.4 Å². The summed E-state index contributed by atoms with van der Waals surface area (Å²) in [5, 5.41) is 18.1. The Morgan fingerprint density at radius 1 is 0.930 bits per heavy atom. The van der Waals surface area contributed by atoms with Crippen molar-refractivity contribution in [2.45, 2.75) is 98.4 Å². The molecular formula is C35H47N3O5. The number of carbonyl (C=O) groups excluding carboxylic acids is 3. The molecule has 3 amide bonds. The molecule has 3 aromatic rings. The Balaban J connectivity index is 2.13. The third-order valence-corrected chi connectivity index (χ3v) is 7.51. The molecule has 0 saturated carbocycles. The number of phenols is 1. The molecule has 0 spiro atoms. The van der Waals surface area contributed by atoms with Gasteiger partial charge in [0.25, 0.3) is 5.91 Å². The SMILES string of the molecule is CCC(C)(C)N(C(=O)C(CC(C)C)NC(=O)OC(C)(C)C)C(C(=O)Nc1ccc2ccccc2c1)c1ccc(O)c(C)c1. The van der Waals surface area contributed by atoms with Gasteiger partial charge in [0.2, 0.25) is 5.91 Å². The number of carbonyl (C=O) groups is 3. The number of alkyl carbamates (subject to hydrolysis) is 1. The van der Waals surface area contributed by atoms with Crippen LogP contribution >= 0.6 is 0 Å². The van der Waals surface area contributed by atoms with Gasteiger partial charge in [0, 0.05) is 11.2 Å². The molecule has 0 fully saturated rings. The summed E-state index contributed by atoms with van der Waals surface area (Å²) >= 11 is 0. The molecule has 0 aliphatic carbocycles. The fourth-order valence-corrected chi connectivity index (χ4v) is 5.00. The Bertz CT molecular complexity index is 1460. The predicted molar refractivity (Wildman–Crippen MR) is 172 cm³/mol. The maximum atomic E-state index is 14.6. The third-order valence-electron chi connectivity index (χ3n) is 7.51. The summed E-state index contributed by atoms with van der Waals surface area (Å²) in [7, 11) is 0. The van der Waals surface area contributed by atoms with E-state index in [1.165, 1.54) is 6.07 Å². The second kappa shape index (κ2) is 13.5. The van der Waals surface area contributed by atoms with Gasteiger partial charge in [-0.3, -0.25) is 9.59 Å². The van der Waals surface area contributed by atoms with E-state index in [0.717, 1.165) is 10.8 Å². The van der Waals surface area contributed by atoms with Gasteiger partial charge in [-0.2, -0.15) is 0 Å². The number of nitrogens with zero attached hydrogens (tertiary/aromatic N) is 1. The number of fused-ring (bicyclic) bond motifs is 1. The van der Waals surface area contributed by atoms with E-state index in [0.29, 0.717) is 29.7 Å². The number of aromatic hydroxyl groups is 1. The van der Waals surface area contributed by atoms with Gasteiger partial charge in [-0.25, -0.2) is 4.79 Å². The number of rotatable bonds is 10. The van der Waals surface area contributed by atoms with Crippen molar-refractivity contribution in [1.82, 2.24) is 10.2 Å². The van der Waals surface area contributed by atoms with Crippen molar-refractivity contribution < 1.29 is 24.2 Å². The minimum Gasteiger partial charge on any atom is -0.508 e. The Hall–Kier alpha value is -4.07. The van der Waals surface area contributed by atoms with Crippen LogP contribution in [0.3, 0.4) is 0 Å². The van der Waals surface area contributed by atoms with E-state index in [-0.39, 0.29) is 11.7 Å². The minimum atomic E-state index is -1.07. The van der Waals surface area contributed by atoms with E-state index >= 15 is 0 Å². The first-order valence-corrected chi connectivity index (χ1v) is 14.9. The maximum absolute atomic E-state index is 14.6. The highest BCUT2D eigenvalue weighted by molar-refractivity contribution is 6.00. The molecule has 2 unspecified atom stereocenters. The highest BCUT2D eigenvalue weighted by atomic mass is 16.6. The zero-order valence-corrected chi connectivity index (χ0v) is 26.9. The normalized spacial score (nSPS) is 13.3. The molecule has 0 bridgehead atoms. The summed E-state index contributed by atoms with van der Waals surface area (Å²) < 4.78 is 5.50. The number of ether oxygens (including phenoxy) is 1. The Morgan fingerprint density at radius 2 is 1.58 bits per heavy atom. The molecule has 232 valence electrons. The van der Waals surface area contributed by atoms with Gasteiger partial charge in [-0.05, 0) is 106 Å². The predicted octanol–water partition coefficient (Wildman–Crippen LogP) is 7.49. The number of phenolic OH excluding ortho intramolecular Hbond substituents is 1. The lowest BCUT2D eigenvalue weighted by atomic mass is 9.90. The van der Waals surface area contributed by atoms with E-state index in [1.807, 2.05) is 77.1 Å². The fourth-order valence-electron chi connectivity index (χ4n) is 5.00. The van der Waals surface area contributed by atoms with E-state index in [9.17, 15) is 19.5 Å². The van der Waals surface area contributed by atoms with Crippen molar-refractivity contribution in [3.05, 3.63) is 71.8 Å². The number of nitrogens with one attached hydrogen (secondary N) is 2. The first-order chi connectivity index (χ1) is 20.0. The number of aryl methyl sites for hydroxylation is 1. The number of amides is 3. The largest absolute Gasteiger partial charge is 0.508 e. The second-order valence-corrected chi connectivity index (χ2v) is 13.2. The van der Waals surface area contributed by atoms with Crippen molar-refractivity contribution in [2.75, 3.05) is 5.32 Å². The lowest BCUT2D eigenvalue weighted by Crippen LogP contribution is -2.59. The van der Waals surface area contributed by atoms with Crippen LogP contribution in [-0.4, -0.2) is 45.1 Å². The Labute approximate surface area is 255 Å². The van der Waals surface area contributed by atoms with Crippen LogP contribution < -0.4 is 10.6 Å². The summed E-state index contributed by atoms with van der Waals surface area (Å²) in [5.74, 6) is -0.641. The molecule has 0 saturated heterocycles. The molecule has 3 N–H and O–H groups in total. The van der Waals surface area contributed by atoms with Crippen LogP contribution in [0.2, 0.25) is 0 Å². The maximum Gasteiger partial charge on any atom is 0.408 e. The van der Waals surface area contributed by atoms with Gasteiger partial charge in [-0.1, -0.05) is 57.2 Å². The molecule has 0 radical (unpaired) electrons. The van der Waals surface area contributed by atoms with Gasteiger partial charge in [0.1, 0.15) is 23.4 Å². The van der Waals surface area contributed by atoms with E-state index in [2.05, 4.69) is 10.6 Å². The molecule has 0 aromatic heterocycles. The van der Waals surface area contributed by atoms with Crippen molar-refractivity contribution >= 4 is 34.4 Å². The summed E-state index contributed by atoms with van der Waals surface area (Å²) in [6.07, 6.45) is 0.191. The fraction of sp³-hybridized carbons (Fsp3) is 0.457. The third kappa shape index (κ3) is 8.72. The topological polar surface area (TPSA) is 108 Å². The number of benzene rings is 3. The highest BCUT2D eigenvalue weighted by Crippen LogP contribution is 2.35. The van der Waals surface area contributed by atoms with Crippen LogP contribution in [0.25, 0.3) is 10.8 Å². The monoisotopic (exact) mass is 589 g/mol. The Morgan fingerprint density at radius 3 is 2.16 bits per heavy atom. The molecule has 0 heterocycles. The van der Waals surface area contributed by atoms with Crippen molar-refractivity contribution in [2.24, 2.45) is 5.92 Å². The minimum absolute atomic E-state index is 0.0660. The van der Waals surface area contributed by atoms with E-state index in [1.54, 1.807) is 44.7 Å². The molecule has 3 aromatic carbocycles. The first kappa shape index (κ1) is 33.4. The van der Waals surface area contributed by atoms with Gasteiger partial charge < -0.3 is 25.4 Å². The van der Waals surface area contributed by atoms with Gasteiger partial charge >= 0.3 is 6.09 Å². The zero-order valence-electron chi connectivity index (χ0n) is 26.9. The van der Waals surface area contributed by atoms with Gasteiger partial charge in [0.05, 0.1) is 0 Å². The molecular weight excluding hydrogens is 542 g/mol. The molecule has 43 heavy (non-hydrogen) atoms. The summed E-state index contributed by atoms with van der Waals surface area (Å²) in [6, 6.07) is 16.5. The summed E-state index contributed by atoms with van der Waals surface area (Å²) in [6.45, 7) is 16.8. The molecule has 0 aliphatic heterocycles. The first-order valence-electron chi connectivity index (χ1n) is 14.9. The quantitative estimate of drug-likeness (QED) is 0.227. The van der Waals surface area contributed by atoms with Crippen LogP contribution in [0, 0.1) is 12.8 Å². The van der Waals surface area contributed by atoms with Gasteiger partial charge in [0.15, 0.2) is 0 Å². The molecule has 8 heteroatoms. The molecule has 0 aliphatic rings. The highest BCUT2D eigenvalue weighted by Gasteiger charge is 2.43. The second-order valence-electron chi connectivity index (χ2n) is 13.2. The van der Waals surface area contributed by atoms with Crippen LogP contribution in [-0.2, 0) is 14.3 Å². The number of hydrogen-bond acceptors (Lipinski definition) is 5. The van der Waals surface area contributed by atoms with E-state index in [4.69, 9.17) is 4.74 Å². The Kier molecular flexibility index (Phi) is 10.5. The van der Waals surface area contributed by atoms with Crippen molar-refractivity contribution in [3.63, 3.8) is 0 Å². The number of anilines is 1. The smallest absolute Gasteiger partial charge is 0.408 e. The summed E-state index contributed by atoms with van der Waals surface area (Å²) in [4.78, 5) is 43.4. The van der Waals surface area contributed by atoms with Crippen LogP contribution in [0.4, 0.5) is 10.5 Å². The average molecular weight is 590 g/mol. The average Bonchev–Trinajstić information content (AvgIpc) is 2.91. The van der Waals surface area contributed by atoms with Crippen LogP contribution in [0.15, 0.2) is 60.7 Å². The van der Waals surface area contributed by atoms with Crippen LogP contribution in [0.5, 0.6) is 5.75 Å². The lowest BCUT2D eigenvalue weighted by molar-refractivity contribution is -0.148. The zero-order chi connectivity index (χ0) is 32.1. The molecule has 2 atom stereocenters.